The summed E-state index contributed by atoms with van der Waals surface area (Å²) in [6, 6.07) is 16.9. The summed E-state index contributed by atoms with van der Waals surface area (Å²) in [4.78, 5) is 0. The maximum absolute atomic E-state index is 9.48. The van der Waals surface area contributed by atoms with Crippen LogP contribution in [0.1, 0.15) is 11.4 Å². The first-order valence-corrected chi connectivity index (χ1v) is 7.18. The minimum atomic E-state index is -0.197. The van der Waals surface area contributed by atoms with Crippen molar-refractivity contribution in [3.8, 4) is 17.2 Å². The van der Waals surface area contributed by atoms with E-state index in [0.717, 1.165) is 17.2 Å². The number of rotatable bonds is 6. The Hall–Kier alpha value is -2.86. The topological polar surface area (TPSA) is 69.4 Å². The molecule has 1 N–H and O–H groups in total. The Morgan fingerprint density at radius 1 is 1.04 bits per heavy atom. The molecule has 1 heterocycles. The molecular weight excluding hydrogens is 294 g/mol. The van der Waals surface area contributed by atoms with Crippen molar-refractivity contribution in [1.82, 2.24) is 15.0 Å². The Balaban J connectivity index is 1.90. The van der Waals surface area contributed by atoms with Gasteiger partial charge in [0, 0.05) is 6.07 Å². The summed E-state index contributed by atoms with van der Waals surface area (Å²) in [7, 11) is 1.61. The van der Waals surface area contributed by atoms with E-state index in [1.165, 1.54) is 0 Å². The summed E-state index contributed by atoms with van der Waals surface area (Å²) >= 11 is 0. The van der Waals surface area contributed by atoms with E-state index >= 15 is 0 Å². The highest BCUT2D eigenvalue weighted by atomic mass is 16.5. The third kappa shape index (κ3) is 3.32. The Morgan fingerprint density at radius 2 is 1.83 bits per heavy atom. The van der Waals surface area contributed by atoms with Crippen LogP contribution < -0.4 is 9.47 Å². The first kappa shape index (κ1) is 15.1. The lowest BCUT2D eigenvalue weighted by Crippen LogP contribution is -2.08. The number of para-hydroxylation sites is 1. The van der Waals surface area contributed by atoms with Gasteiger partial charge in [-0.15, -0.1) is 5.10 Å². The average molecular weight is 311 g/mol. The van der Waals surface area contributed by atoms with E-state index in [0.29, 0.717) is 11.4 Å². The highest BCUT2D eigenvalue weighted by Crippen LogP contribution is 2.20. The minimum absolute atomic E-state index is 0.197. The van der Waals surface area contributed by atoms with Gasteiger partial charge in [-0.2, -0.15) is 0 Å². The maximum Gasteiger partial charge on any atom is 0.132 e. The third-order valence-corrected chi connectivity index (χ3v) is 3.41. The maximum atomic E-state index is 9.48. The number of nitrogens with zero attached hydrogens (tertiary/aromatic N) is 3. The second-order valence-corrected chi connectivity index (χ2v) is 4.86. The number of aliphatic hydroxyl groups excluding tert-OH is 1. The second-order valence-electron chi connectivity index (χ2n) is 4.86. The predicted molar refractivity (Wildman–Crippen MR) is 84.6 cm³/mol. The lowest BCUT2D eigenvalue weighted by Gasteiger charge is -2.10. The van der Waals surface area contributed by atoms with Crippen LogP contribution in [0, 0.1) is 0 Å². The van der Waals surface area contributed by atoms with Gasteiger partial charge in [0.05, 0.1) is 19.4 Å². The molecule has 0 saturated carbocycles. The van der Waals surface area contributed by atoms with E-state index in [9.17, 15) is 5.11 Å². The number of benzene rings is 2. The molecule has 0 fully saturated rings. The summed E-state index contributed by atoms with van der Waals surface area (Å²) in [5.74, 6) is 1.47. The predicted octanol–water partition coefficient (Wildman–Crippen LogP) is 2.35. The quantitative estimate of drug-likeness (QED) is 0.757. The molecule has 0 aliphatic rings. The van der Waals surface area contributed by atoms with Crippen LogP contribution in [0.25, 0.3) is 5.69 Å². The van der Waals surface area contributed by atoms with Gasteiger partial charge in [-0.05, 0) is 24.3 Å². The lowest BCUT2D eigenvalue weighted by molar-refractivity contribution is 0.263. The number of ether oxygens (including phenoxy) is 2. The van der Waals surface area contributed by atoms with Crippen LogP contribution in [0.15, 0.2) is 54.6 Å². The molecule has 0 unspecified atom stereocenters. The molecule has 3 aromatic rings. The molecule has 3 rings (SSSR count). The number of hydrogen-bond donors (Lipinski definition) is 1. The number of methoxy groups -OCH3 is 1. The molecule has 0 atom stereocenters. The molecule has 118 valence electrons. The van der Waals surface area contributed by atoms with Crippen LogP contribution >= 0.6 is 0 Å². The molecule has 0 bridgehead atoms. The van der Waals surface area contributed by atoms with Gasteiger partial charge in [0.2, 0.25) is 0 Å². The molecule has 2 aromatic carbocycles. The molecule has 6 heteroatoms. The summed E-state index contributed by atoms with van der Waals surface area (Å²) < 4.78 is 12.7. The van der Waals surface area contributed by atoms with E-state index < -0.39 is 0 Å². The molecule has 0 saturated heterocycles. The summed E-state index contributed by atoms with van der Waals surface area (Å²) in [6.07, 6.45) is 0. The van der Waals surface area contributed by atoms with Crippen molar-refractivity contribution < 1.29 is 14.6 Å². The van der Waals surface area contributed by atoms with Crippen molar-refractivity contribution in [2.24, 2.45) is 0 Å². The first-order valence-electron chi connectivity index (χ1n) is 7.18. The second kappa shape index (κ2) is 6.93. The Kier molecular flexibility index (Phi) is 4.54. The van der Waals surface area contributed by atoms with E-state index in [1.54, 1.807) is 11.8 Å². The largest absolute Gasteiger partial charge is 0.497 e. The molecule has 0 radical (unpaired) electrons. The highest BCUT2D eigenvalue weighted by Gasteiger charge is 2.15. The lowest BCUT2D eigenvalue weighted by atomic mass is 10.2. The van der Waals surface area contributed by atoms with Crippen molar-refractivity contribution in [3.63, 3.8) is 0 Å². The highest BCUT2D eigenvalue weighted by molar-refractivity contribution is 5.40. The van der Waals surface area contributed by atoms with Gasteiger partial charge in [-0.3, -0.25) is 0 Å². The molecule has 0 spiro atoms. The van der Waals surface area contributed by atoms with Gasteiger partial charge in [0.25, 0.3) is 0 Å². The normalized spacial score (nSPS) is 10.5. The van der Waals surface area contributed by atoms with Crippen molar-refractivity contribution in [2.75, 3.05) is 7.11 Å². The smallest absolute Gasteiger partial charge is 0.132 e. The summed E-state index contributed by atoms with van der Waals surface area (Å²) in [5, 5.41) is 17.6. The van der Waals surface area contributed by atoms with Gasteiger partial charge in [0.1, 0.15) is 29.5 Å². The van der Waals surface area contributed by atoms with Crippen LogP contribution in [-0.2, 0) is 13.2 Å². The van der Waals surface area contributed by atoms with Crippen molar-refractivity contribution in [2.45, 2.75) is 13.2 Å². The monoisotopic (exact) mass is 311 g/mol. The van der Waals surface area contributed by atoms with Crippen LogP contribution in [0.5, 0.6) is 11.5 Å². The average Bonchev–Trinajstić information content (AvgIpc) is 3.04. The Bertz CT molecular complexity index is 772. The van der Waals surface area contributed by atoms with Crippen LogP contribution in [0.4, 0.5) is 0 Å². The fraction of sp³-hybridized carbons (Fsp3) is 0.176. The van der Waals surface area contributed by atoms with Gasteiger partial charge in [-0.1, -0.05) is 29.5 Å². The van der Waals surface area contributed by atoms with Crippen LogP contribution in [0.2, 0.25) is 0 Å². The molecule has 0 amide bonds. The molecule has 0 aliphatic heterocycles. The van der Waals surface area contributed by atoms with E-state index in [4.69, 9.17) is 9.47 Å². The fourth-order valence-corrected chi connectivity index (χ4v) is 2.22. The zero-order valence-electron chi connectivity index (χ0n) is 12.7. The van der Waals surface area contributed by atoms with Crippen LogP contribution in [-0.4, -0.2) is 27.2 Å². The minimum Gasteiger partial charge on any atom is -0.497 e. The van der Waals surface area contributed by atoms with Crippen molar-refractivity contribution >= 4 is 0 Å². The summed E-state index contributed by atoms with van der Waals surface area (Å²) in [5.41, 5.74) is 1.98. The molecule has 1 aromatic heterocycles. The van der Waals surface area contributed by atoms with Gasteiger partial charge in [-0.25, -0.2) is 4.68 Å². The van der Waals surface area contributed by atoms with E-state index in [-0.39, 0.29) is 13.2 Å². The zero-order chi connectivity index (χ0) is 16.1. The van der Waals surface area contributed by atoms with E-state index in [1.807, 2.05) is 54.6 Å². The SMILES string of the molecule is COc1cccc(-n2nnc(CO)c2COc2ccccc2)c1. The number of aromatic nitrogens is 3. The molecular formula is C17H17N3O3. The Morgan fingerprint density at radius 3 is 2.57 bits per heavy atom. The first-order chi connectivity index (χ1) is 11.3. The number of aliphatic hydroxyl groups is 1. The van der Waals surface area contributed by atoms with Gasteiger partial charge < -0.3 is 14.6 Å². The molecule has 0 aliphatic carbocycles. The standard InChI is InChI=1S/C17H17N3O3/c1-22-15-9-5-6-13(10-15)20-17(16(11-21)18-19-20)12-23-14-7-3-2-4-8-14/h2-10,21H,11-12H2,1H3. The molecule has 6 nitrogen and oxygen atoms in total. The fourth-order valence-electron chi connectivity index (χ4n) is 2.22. The number of hydrogen-bond acceptors (Lipinski definition) is 5. The third-order valence-electron chi connectivity index (χ3n) is 3.41. The molecule has 23 heavy (non-hydrogen) atoms. The van der Waals surface area contributed by atoms with Crippen LogP contribution in [0.3, 0.4) is 0 Å². The van der Waals surface area contributed by atoms with Crippen molar-refractivity contribution in [1.29, 1.82) is 0 Å². The van der Waals surface area contributed by atoms with Gasteiger partial charge in [0.15, 0.2) is 0 Å². The van der Waals surface area contributed by atoms with E-state index in [2.05, 4.69) is 10.3 Å². The Labute approximate surface area is 133 Å². The van der Waals surface area contributed by atoms with Gasteiger partial charge >= 0.3 is 0 Å². The van der Waals surface area contributed by atoms with Crippen molar-refractivity contribution in [3.05, 3.63) is 66.0 Å². The summed E-state index contributed by atoms with van der Waals surface area (Å²) in [6.45, 7) is 0.0571. The zero-order valence-corrected chi connectivity index (χ0v) is 12.7.